The topological polar surface area (TPSA) is 93.1 Å². The maximum absolute atomic E-state index is 11.1. The Hall–Kier alpha value is -0.680. The van der Waals surface area contributed by atoms with E-state index in [0.717, 1.165) is 0 Å². The highest BCUT2D eigenvalue weighted by molar-refractivity contribution is 7.46. The summed E-state index contributed by atoms with van der Waals surface area (Å²) in [5.41, 5.74) is 0.144. The Balaban J connectivity index is 4.34. The van der Waals surface area contributed by atoms with Crippen molar-refractivity contribution in [2.24, 2.45) is 0 Å². The van der Waals surface area contributed by atoms with Gasteiger partial charge in [-0.1, -0.05) is 19.9 Å². The Morgan fingerprint density at radius 2 is 2.07 bits per heavy atom. The van der Waals surface area contributed by atoms with Gasteiger partial charge in [-0.2, -0.15) is 0 Å². The first-order valence-electron chi connectivity index (χ1n) is 4.36. The second-order valence-electron chi connectivity index (χ2n) is 3.00. The van der Waals surface area contributed by atoms with Gasteiger partial charge in [0, 0.05) is 12.0 Å². The molecule has 0 bridgehead atoms. The quantitative estimate of drug-likeness (QED) is 0.314. The predicted molar refractivity (Wildman–Crippen MR) is 52.7 cm³/mol. The lowest BCUT2D eigenvalue weighted by Crippen LogP contribution is -2.20. The lowest BCUT2D eigenvalue weighted by Gasteiger charge is -2.17. The Kier molecular flexibility index (Phi) is 5.75. The average molecular weight is 238 g/mol. The third-order valence-electron chi connectivity index (χ3n) is 1.37. The average Bonchev–Trinajstić information content (AvgIpc) is 2.00. The number of carbonyl (C=O) groups excluding carboxylic acids is 1. The summed E-state index contributed by atoms with van der Waals surface area (Å²) >= 11 is 0. The van der Waals surface area contributed by atoms with E-state index >= 15 is 0 Å². The highest BCUT2D eigenvalue weighted by Gasteiger charge is 2.24. The van der Waals surface area contributed by atoms with E-state index in [0.29, 0.717) is 6.42 Å². The normalized spacial score (nSPS) is 13.3. The Labute approximate surface area is 88.1 Å². The van der Waals surface area contributed by atoms with Gasteiger partial charge in [0.05, 0.1) is 0 Å². The zero-order chi connectivity index (χ0) is 12.1. The number of hydrogen-bond acceptors (Lipinski definition) is 4. The molecule has 88 valence electrons. The van der Waals surface area contributed by atoms with Crippen LogP contribution in [0.25, 0.3) is 0 Å². The maximum Gasteiger partial charge on any atom is 0.472 e. The van der Waals surface area contributed by atoms with Crippen LogP contribution < -0.4 is 0 Å². The molecule has 0 rings (SSSR count). The van der Waals surface area contributed by atoms with Crippen molar-refractivity contribution in [2.75, 3.05) is 0 Å². The summed E-state index contributed by atoms with van der Waals surface area (Å²) in [5, 5.41) is 0. The number of carbonyl (C=O) groups is 1. The first kappa shape index (κ1) is 14.3. The van der Waals surface area contributed by atoms with E-state index in [9.17, 15) is 9.36 Å². The minimum atomic E-state index is -4.64. The predicted octanol–water partition coefficient (Wildman–Crippen LogP) is 1.34. The molecular weight excluding hydrogens is 223 g/mol. The molecule has 0 aliphatic carbocycles. The van der Waals surface area contributed by atoms with Crippen molar-refractivity contribution >= 4 is 13.8 Å². The summed E-state index contributed by atoms with van der Waals surface area (Å²) in [6, 6.07) is 0. The van der Waals surface area contributed by atoms with E-state index in [1.807, 2.05) is 0 Å². The summed E-state index contributed by atoms with van der Waals surface area (Å²) in [5.74, 6) is -0.734. The molecule has 0 aliphatic rings. The lowest BCUT2D eigenvalue weighted by molar-refractivity contribution is -0.161. The first-order valence-corrected chi connectivity index (χ1v) is 5.89. The molecule has 1 atom stereocenters. The first-order chi connectivity index (χ1) is 6.76. The van der Waals surface area contributed by atoms with Crippen molar-refractivity contribution in [2.45, 2.75) is 33.0 Å². The molecule has 0 radical (unpaired) electrons. The number of phosphoric acid groups is 1. The van der Waals surface area contributed by atoms with Crippen LogP contribution in [0.2, 0.25) is 0 Å². The number of hydrogen-bond donors (Lipinski definition) is 2. The van der Waals surface area contributed by atoms with Gasteiger partial charge in [0.2, 0.25) is 6.29 Å². The van der Waals surface area contributed by atoms with Crippen LogP contribution in [0.5, 0.6) is 0 Å². The Morgan fingerprint density at radius 3 is 2.40 bits per heavy atom. The van der Waals surface area contributed by atoms with E-state index in [4.69, 9.17) is 9.79 Å². The van der Waals surface area contributed by atoms with E-state index < -0.39 is 20.1 Å². The summed E-state index contributed by atoms with van der Waals surface area (Å²) in [6.45, 7) is 6.54. The standard InChI is InChI=1S/C8H15O6P/c1-4-5-7(14-15(10,11)12)13-8(9)6(2)3/h7H,2,4-5H2,1,3H3,(H2,10,11,12). The van der Waals surface area contributed by atoms with Crippen molar-refractivity contribution < 1.29 is 28.4 Å². The molecule has 0 fully saturated rings. The smallest absolute Gasteiger partial charge is 0.432 e. The molecule has 7 heteroatoms. The van der Waals surface area contributed by atoms with Crippen molar-refractivity contribution in [1.82, 2.24) is 0 Å². The molecule has 6 nitrogen and oxygen atoms in total. The zero-order valence-corrected chi connectivity index (χ0v) is 9.57. The van der Waals surface area contributed by atoms with Crippen molar-refractivity contribution in [3.63, 3.8) is 0 Å². The van der Waals surface area contributed by atoms with Crippen LogP contribution in [0.4, 0.5) is 0 Å². The van der Waals surface area contributed by atoms with Gasteiger partial charge in [0.25, 0.3) is 0 Å². The summed E-state index contributed by atoms with van der Waals surface area (Å²) < 4.78 is 19.5. The van der Waals surface area contributed by atoms with Gasteiger partial charge in [-0.05, 0) is 6.92 Å². The van der Waals surface area contributed by atoms with E-state index in [-0.39, 0.29) is 12.0 Å². The second kappa shape index (κ2) is 6.02. The van der Waals surface area contributed by atoms with Crippen LogP contribution in [-0.2, 0) is 18.6 Å². The largest absolute Gasteiger partial charge is 0.472 e. The highest BCUT2D eigenvalue weighted by atomic mass is 31.2. The van der Waals surface area contributed by atoms with Gasteiger partial charge in [-0.25, -0.2) is 13.9 Å². The second-order valence-corrected chi connectivity index (χ2v) is 4.19. The van der Waals surface area contributed by atoms with Gasteiger partial charge in [0.1, 0.15) is 0 Å². The SMILES string of the molecule is C=C(C)C(=O)OC(CCC)OP(=O)(O)O. The van der Waals surface area contributed by atoms with E-state index in [2.05, 4.69) is 15.8 Å². The summed E-state index contributed by atoms with van der Waals surface area (Å²) in [4.78, 5) is 28.1. The minimum Gasteiger partial charge on any atom is -0.432 e. The van der Waals surface area contributed by atoms with Gasteiger partial charge < -0.3 is 14.5 Å². The molecule has 0 aromatic rings. The van der Waals surface area contributed by atoms with Gasteiger partial charge in [-0.15, -0.1) is 0 Å². The molecule has 0 aromatic heterocycles. The third-order valence-corrected chi connectivity index (χ3v) is 1.88. The van der Waals surface area contributed by atoms with E-state index in [1.165, 1.54) is 6.92 Å². The molecule has 0 heterocycles. The van der Waals surface area contributed by atoms with E-state index in [1.54, 1.807) is 6.92 Å². The summed E-state index contributed by atoms with van der Waals surface area (Å²) in [6.07, 6.45) is -0.460. The molecular formula is C8H15O6P. The third kappa shape index (κ3) is 7.27. The highest BCUT2D eigenvalue weighted by Crippen LogP contribution is 2.38. The number of phosphoric ester groups is 1. The molecule has 2 N–H and O–H groups in total. The molecule has 0 saturated heterocycles. The fraction of sp³-hybridized carbons (Fsp3) is 0.625. The van der Waals surface area contributed by atoms with Crippen LogP contribution in [0.15, 0.2) is 12.2 Å². The van der Waals surface area contributed by atoms with Crippen molar-refractivity contribution in [1.29, 1.82) is 0 Å². The van der Waals surface area contributed by atoms with Crippen molar-refractivity contribution in [3.05, 3.63) is 12.2 Å². The van der Waals surface area contributed by atoms with Gasteiger partial charge >= 0.3 is 13.8 Å². The van der Waals surface area contributed by atoms with Crippen LogP contribution >= 0.6 is 7.82 Å². The van der Waals surface area contributed by atoms with Crippen LogP contribution in [0.1, 0.15) is 26.7 Å². The molecule has 0 aromatic carbocycles. The summed E-state index contributed by atoms with van der Waals surface area (Å²) in [7, 11) is -4.64. The Morgan fingerprint density at radius 1 is 1.53 bits per heavy atom. The molecule has 0 amide bonds. The van der Waals surface area contributed by atoms with Crippen LogP contribution in [0.3, 0.4) is 0 Å². The monoisotopic (exact) mass is 238 g/mol. The van der Waals surface area contributed by atoms with Crippen LogP contribution in [0, 0.1) is 0 Å². The zero-order valence-electron chi connectivity index (χ0n) is 8.67. The maximum atomic E-state index is 11.1. The fourth-order valence-corrected chi connectivity index (χ4v) is 1.20. The lowest BCUT2D eigenvalue weighted by atomic mass is 10.3. The van der Waals surface area contributed by atoms with Crippen molar-refractivity contribution in [3.8, 4) is 0 Å². The minimum absolute atomic E-state index is 0.144. The molecule has 0 aliphatic heterocycles. The number of rotatable bonds is 6. The van der Waals surface area contributed by atoms with Crippen LogP contribution in [-0.4, -0.2) is 22.0 Å². The van der Waals surface area contributed by atoms with Gasteiger partial charge in [0.15, 0.2) is 0 Å². The Bertz CT molecular complexity index is 281. The molecule has 15 heavy (non-hydrogen) atoms. The van der Waals surface area contributed by atoms with Gasteiger partial charge in [-0.3, -0.25) is 0 Å². The molecule has 0 saturated carbocycles. The number of esters is 1. The number of ether oxygens (including phenoxy) is 1. The molecule has 0 spiro atoms. The fourth-order valence-electron chi connectivity index (χ4n) is 0.742. The molecule has 1 unspecified atom stereocenters.